The summed E-state index contributed by atoms with van der Waals surface area (Å²) in [6.45, 7) is 4.01. The monoisotopic (exact) mass is 260 g/mol. The standard InChI is InChI=1S/C12H20O6/c1-3-15-11(13)17-9-6-5-7-10(8-9)18-12(14)16-4-2/h9-10H,3-8H2,1-2H3/t9-,10-/m1/s1. The first-order chi connectivity index (χ1) is 8.65. The van der Waals surface area contributed by atoms with Crippen LogP contribution in [0, 0.1) is 0 Å². The largest absolute Gasteiger partial charge is 0.508 e. The van der Waals surface area contributed by atoms with Crippen molar-refractivity contribution in [1.82, 2.24) is 0 Å². The van der Waals surface area contributed by atoms with E-state index in [1.54, 1.807) is 13.8 Å². The van der Waals surface area contributed by atoms with Gasteiger partial charge in [-0.15, -0.1) is 0 Å². The molecule has 0 aromatic rings. The second-order valence-electron chi connectivity index (χ2n) is 4.01. The fourth-order valence-electron chi connectivity index (χ4n) is 1.89. The van der Waals surface area contributed by atoms with Gasteiger partial charge in [0.25, 0.3) is 0 Å². The summed E-state index contributed by atoms with van der Waals surface area (Å²) >= 11 is 0. The topological polar surface area (TPSA) is 71.1 Å². The first-order valence-corrected chi connectivity index (χ1v) is 6.32. The van der Waals surface area contributed by atoms with Crippen molar-refractivity contribution in [3.63, 3.8) is 0 Å². The highest BCUT2D eigenvalue weighted by molar-refractivity contribution is 5.60. The first kappa shape index (κ1) is 14.6. The fourth-order valence-corrected chi connectivity index (χ4v) is 1.89. The SMILES string of the molecule is CCOC(=O)O[C@@H]1CCC[C@@H](OC(=O)OCC)C1. The number of hydrogen-bond donors (Lipinski definition) is 0. The van der Waals surface area contributed by atoms with Gasteiger partial charge in [0.2, 0.25) is 0 Å². The Morgan fingerprint density at radius 3 is 1.78 bits per heavy atom. The van der Waals surface area contributed by atoms with Crippen LogP contribution in [0.5, 0.6) is 0 Å². The second kappa shape index (κ2) is 7.79. The number of ether oxygens (including phenoxy) is 4. The van der Waals surface area contributed by atoms with Gasteiger partial charge in [0.05, 0.1) is 13.2 Å². The summed E-state index contributed by atoms with van der Waals surface area (Å²) in [5.74, 6) is 0. The lowest BCUT2D eigenvalue weighted by Gasteiger charge is -2.27. The van der Waals surface area contributed by atoms with Crippen LogP contribution < -0.4 is 0 Å². The van der Waals surface area contributed by atoms with Gasteiger partial charge >= 0.3 is 12.3 Å². The smallest absolute Gasteiger partial charge is 0.435 e. The van der Waals surface area contributed by atoms with Gasteiger partial charge in [-0.3, -0.25) is 0 Å². The summed E-state index contributed by atoms with van der Waals surface area (Å²) in [4.78, 5) is 22.3. The van der Waals surface area contributed by atoms with Crippen LogP contribution in [0.1, 0.15) is 39.5 Å². The molecule has 0 radical (unpaired) electrons. The molecular weight excluding hydrogens is 240 g/mol. The Kier molecular flexibility index (Phi) is 6.32. The van der Waals surface area contributed by atoms with Crippen molar-refractivity contribution < 1.29 is 28.5 Å². The summed E-state index contributed by atoms with van der Waals surface area (Å²) < 4.78 is 19.6. The lowest BCUT2D eigenvalue weighted by molar-refractivity contribution is -0.0330. The van der Waals surface area contributed by atoms with Crippen LogP contribution in [0.15, 0.2) is 0 Å². The van der Waals surface area contributed by atoms with Gasteiger partial charge in [0.1, 0.15) is 12.2 Å². The molecule has 0 bridgehead atoms. The normalized spacial score (nSPS) is 23.0. The maximum Gasteiger partial charge on any atom is 0.508 e. The summed E-state index contributed by atoms with van der Waals surface area (Å²) in [7, 11) is 0. The molecule has 0 unspecified atom stereocenters. The van der Waals surface area contributed by atoms with Crippen LogP contribution in [0.2, 0.25) is 0 Å². The van der Waals surface area contributed by atoms with E-state index < -0.39 is 12.3 Å². The van der Waals surface area contributed by atoms with Crippen molar-refractivity contribution in [3.05, 3.63) is 0 Å². The quantitative estimate of drug-likeness (QED) is 0.723. The Morgan fingerprint density at radius 1 is 0.944 bits per heavy atom. The molecule has 1 rings (SSSR count). The van der Waals surface area contributed by atoms with E-state index in [-0.39, 0.29) is 25.4 Å². The van der Waals surface area contributed by atoms with Crippen LogP contribution in [0.4, 0.5) is 9.59 Å². The fraction of sp³-hybridized carbons (Fsp3) is 0.833. The Bertz CT molecular complexity index is 252. The van der Waals surface area contributed by atoms with Gasteiger partial charge in [-0.25, -0.2) is 9.59 Å². The van der Waals surface area contributed by atoms with E-state index in [2.05, 4.69) is 0 Å². The summed E-state index contributed by atoms with van der Waals surface area (Å²) in [6, 6.07) is 0. The van der Waals surface area contributed by atoms with Gasteiger partial charge < -0.3 is 18.9 Å². The van der Waals surface area contributed by atoms with Gasteiger partial charge in [-0.05, 0) is 33.1 Å². The van der Waals surface area contributed by atoms with Crippen LogP contribution >= 0.6 is 0 Å². The molecule has 0 heterocycles. The molecule has 6 heteroatoms. The van der Waals surface area contributed by atoms with E-state index in [1.165, 1.54) is 0 Å². The van der Waals surface area contributed by atoms with E-state index in [0.717, 1.165) is 19.3 Å². The zero-order chi connectivity index (χ0) is 13.4. The van der Waals surface area contributed by atoms with Crippen molar-refractivity contribution in [2.24, 2.45) is 0 Å². The molecule has 1 aliphatic carbocycles. The molecule has 6 nitrogen and oxygen atoms in total. The highest BCUT2D eigenvalue weighted by Gasteiger charge is 2.28. The second-order valence-corrected chi connectivity index (χ2v) is 4.01. The Morgan fingerprint density at radius 2 is 1.39 bits per heavy atom. The molecule has 18 heavy (non-hydrogen) atoms. The van der Waals surface area contributed by atoms with Gasteiger partial charge in [0.15, 0.2) is 0 Å². The highest BCUT2D eigenvalue weighted by Crippen LogP contribution is 2.24. The van der Waals surface area contributed by atoms with E-state index >= 15 is 0 Å². The molecule has 1 aliphatic rings. The summed E-state index contributed by atoms with van der Waals surface area (Å²) in [6.07, 6.45) is 1.03. The third kappa shape index (κ3) is 5.25. The minimum absolute atomic E-state index is 0.253. The maximum absolute atomic E-state index is 11.2. The van der Waals surface area contributed by atoms with Crippen LogP contribution in [0.25, 0.3) is 0 Å². The molecule has 0 N–H and O–H groups in total. The lowest BCUT2D eigenvalue weighted by atomic mass is 9.95. The van der Waals surface area contributed by atoms with Gasteiger partial charge in [-0.2, -0.15) is 0 Å². The predicted molar refractivity (Wildman–Crippen MR) is 62.3 cm³/mol. The number of carbonyl (C=O) groups excluding carboxylic acids is 2. The van der Waals surface area contributed by atoms with E-state index in [4.69, 9.17) is 18.9 Å². The molecule has 0 amide bonds. The Labute approximate surface area is 107 Å². The zero-order valence-electron chi connectivity index (χ0n) is 10.8. The number of carbonyl (C=O) groups is 2. The predicted octanol–water partition coefficient (Wildman–Crippen LogP) is 2.64. The average Bonchev–Trinajstić information content (AvgIpc) is 2.29. The molecule has 104 valence electrons. The van der Waals surface area contributed by atoms with Gasteiger partial charge in [-0.1, -0.05) is 0 Å². The summed E-state index contributed by atoms with van der Waals surface area (Å²) in [5, 5.41) is 0. The number of rotatable bonds is 4. The first-order valence-electron chi connectivity index (χ1n) is 6.32. The van der Waals surface area contributed by atoms with E-state index in [9.17, 15) is 9.59 Å². The molecule has 1 fully saturated rings. The van der Waals surface area contributed by atoms with Crippen molar-refractivity contribution in [1.29, 1.82) is 0 Å². The third-order valence-electron chi connectivity index (χ3n) is 2.63. The van der Waals surface area contributed by atoms with Crippen molar-refractivity contribution >= 4 is 12.3 Å². The molecule has 0 aromatic heterocycles. The molecular formula is C12H20O6. The number of hydrogen-bond acceptors (Lipinski definition) is 6. The zero-order valence-corrected chi connectivity index (χ0v) is 10.8. The van der Waals surface area contributed by atoms with Crippen molar-refractivity contribution in [3.8, 4) is 0 Å². The minimum Gasteiger partial charge on any atom is -0.435 e. The van der Waals surface area contributed by atoms with Crippen LogP contribution in [-0.4, -0.2) is 37.7 Å². The molecule has 0 saturated heterocycles. The molecule has 0 aromatic carbocycles. The molecule has 0 spiro atoms. The highest BCUT2D eigenvalue weighted by atomic mass is 16.7. The van der Waals surface area contributed by atoms with Crippen LogP contribution in [0.3, 0.4) is 0 Å². The minimum atomic E-state index is -0.667. The third-order valence-corrected chi connectivity index (χ3v) is 2.63. The van der Waals surface area contributed by atoms with E-state index in [1.807, 2.05) is 0 Å². The van der Waals surface area contributed by atoms with Crippen molar-refractivity contribution in [2.45, 2.75) is 51.7 Å². The van der Waals surface area contributed by atoms with Gasteiger partial charge in [0, 0.05) is 6.42 Å². The molecule has 2 atom stereocenters. The van der Waals surface area contributed by atoms with Crippen LogP contribution in [-0.2, 0) is 18.9 Å². The Hall–Kier alpha value is -1.46. The Balaban J connectivity index is 2.31. The lowest BCUT2D eigenvalue weighted by Crippen LogP contribution is -2.31. The van der Waals surface area contributed by atoms with E-state index in [0.29, 0.717) is 6.42 Å². The summed E-state index contributed by atoms with van der Waals surface area (Å²) in [5.41, 5.74) is 0. The molecule has 0 aliphatic heterocycles. The molecule has 1 saturated carbocycles. The maximum atomic E-state index is 11.2. The average molecular weight is 260 g/mol. The van der Waals surface area contributed by atoms with Crippen molar-refractivity contribution in [2.75, 3.05) is 13.2 Å².